The molecule has 0 fully saturated rings. The molecular formula is C35H25N3. The smallest absolute Gasteiger partial charge is 0.0789 e. The molecule has 0 amide bonds. The first-order chi connectivity index (χ1) is 18.9. The van der Waals surface area contributed by atoms with Crippen molar-refractivity contribution in [2.45, 2.75) is 6.42 Å². The third kappa shape index (κ3) is 3.02. The molecule has 3 heteroatoms. The monoisotopic (exact) mass is 487 g/mol. The van der Waals surface area contributed by atoms with Gasteiger partial charge >= 0.3 is 0 Å². The summed E-state index contributed by atoms with van der Waals surface area (Å²) < 4.78 is 4.85. The van der Waals surface area contributed by atoms with Crippen LogP contribution in [0, 0.1) is 0 Å². The van der Waals surface area contributed by atoms with Crippen LogP contribution in [0.1, 0.15) is 6.42 Å². The van der Waals surface area contributed by atoms with Crippen molar-refractivity contribution in [2.24, 2.45) is 0 Å². The molecule has 0 radical (unpaired) electrons. The third-order valence-corrected chi connectivity index (χ3v) is 7.77. The second-order valence-electron chi connectivity index (χ2n) is 9.88. The fourth-order valence-corrected chi connectivity index (χ4v) is 6.08. The van der Waals surface area contributed by atoms with E-state index in [1.165, 1.54) is 54.9 Å². The van der Waals surface area contributed by atoms with Crippen LogP contribution < -0.4 is 5.32 Å². The SMILES string of the molecule is C1=CC/C(=C2/C=CC(n3c4ccccc4c4ccc5c6ccccc6n(-c6ccccc6)c5c43)=CN2)C=C1. The Morgan fingerprint density at radius 2 is 1.21 bits per heavy atom. The van der Waals surface area contributed by atoms with E-state index in [1.54, 1.807) is 0 Å². The number of fused-ring (bicyclic) bond motifs is 7. The van der Waals surface area contributed by atoms with Crippen LogP contribution in [0.3, 0.4) is 0 Å². The maximum absolute atomic E-state index is 3.60. The van der Waals surface area contributed by atoms with Gasteiger partial charge in [0, 0.05) is 39.1 Å². The lowest BCUT2D eigenvalue weighted by Gasteiger charge is -2.18. The maximum Gasteiger partial charge on any atom is 0.0789 e. The number of nitrogens with zero attached hydrogens (tertiary/aromatic N) is 2. The van der Waals surface area contributed by atoms with Gasteiger partial charge in [-0.2, -0.15) is 0 Å². The number of allylic oxidation sites excluding steroid dienone is 8. The number of aromatic nitrogens is 2. The highest BCUT2D eigenvalue weighted by atomic mass is 15.1. The summed E-state index contributed by atoms with van der Waals surface area (Å²) in [5, 5.41) is 8.63. The Hall–Kier alpha value is -5.02. The van der Waals surface area contributed by atoms with E-state index in [1.807, 2.05) is 0 Å². The molecule has 1 aliphatic heterocycles. The Balaban J connectivity index is 1.48. The van der Waals surface area contributed by atoms with Gasteiger partial charge in [0.05, 0.1) is 27.8 Å². The molecule has 4 aromatic carbocycles. The van der Waals surface area contributed by atoms with Crippen LogP contribution in [0.5, 0.6) is 0 Å². The van der Waals surface area contributed by atoms with Crippen LogP contribution in [0.2, 0.25) is 0 Å². The van der Waals surface area contributed by atoms with Crippen molar-refractivity contribution in [3.63, 3.8) is 0 Å². The third-order valence-electron chi connectivity index (χ3n) is 7.77. The summed E-state index contributed by atoms with van der Waals surface area (Å²) in [7, 11) is 0. The lowest BCUT2D eigenvalue weighted by atomic mass is 10.0. The first-order valence-electron chi connectivity index (χ1n) is 13.1. The highest BCUT2D eigenvalue weighted by molar-refractivity contribution is 6.24. The molecule has 8 rings (SSSR count). The van der Waals surface area contributed by atoms with E-state index in [0.29, 0.717) is 0 Å². The normalized spacial score (nSPS) is 17.1. The fraction of sp³-hybridized carbons (Fsp3) is 0.0286. The average molecular weight is 488 g/mol. The fourth-order valence-electron chi connectivity index (χ4n) is 6.08. The first-order valence-corrected chi connectivity index (χ1v) is 13.1. The van der Waals surface area contributed by atoms with Gasteiger partial charge in [-0.3, -0.25) is 0 Å². The van der Waals surface area contributed by atoms with E-state index in [-0.39, 0.29) is 0 Å². The second-order valence-corrected chi connectivity index (χ2v) is 9.88. The quantitative estimate of drug-likeness (QED) is 0.259. The molecule has 0 spiro atoms. The van der Waals surface area contributed by atoms with Crippen molar-refractivity contribution in [3.8, 4) is 5.69 Å². The van der Waals surface area contributed by atoms with Crippen molar-refractivity contribution in [1.29, 1.82) is 0 Å². The maximum atomic E-state index is 3.60. The van der Waals surface area contributed by atoms with Gasteiger partial charge in [-0.15, -0.1) is 0 Å². The predicted molar refractivity (Wildman–Crippen MR) is 160 cm³/mol. The summed E-state index contributed by atoms with van der Waals surface area (Å²) >= 11 is 0. The minimum Gasteiger partial charge on any atom is -0.360 e. The minimum atomic E-state index is 0.944. The number of para-hydroxylation sites is 3. The molecule has 38 heavy (non-hydrogen) atoms. The number of benzene rings is 4. The van der Waals surface area contributed by atoms with Gasteiger partial charge in [0.1, 0.15) is 0 Å². The number of rotatable bonds is 2. The molecule has 180 valence electrons. The summed E-state index contributed by atoms with van der Waals surface area (Å²) in [6.45, 7) is 0. The van der Waals surface area contributed by atoms with Crippen LogP contribution in [0.4, 0.5) is 0 Å². The largest absolute Gasteiger partial charge is 0.360 e. The van der Waals surface area contributed by atoms with E-state index < -0.39 is 0 Å². The Morgan fingerprint density at radius 1 is 0.553 bits per heavy atom. The number of dihydropyridines is 1. The van der Waals surface area contributed by atoms with Gasteiger partial charge < -0.3 is 14.5 Å². The van der Waals surface area contributed by atoms with Crippen LogP contribution in [0.25, 0.3) is 55.0 Å². The van der Waals surface area contributed by atoms with E-state index in [2.05, 4.69) is 148 Å². The van der Waals surface area contributed by atoms with Gasteiger partial charge in [-0.25, -0.2) is 0 Å². The highest BCUT2D eigenvalue weighted by Gasteiger charge is 2.21. The summed E-state index contributed by atoms with van der Waals surface area (Å²) in [6.07, 6.45) is 16.1. The first kappa shape index (κ1) is 21.1. The lowest BCUT2D eigenvalue weighted by Crippen LogP contribution is -2.12. The molecular weight excluding hydrogens is 462 g/mol. The average Bonchev–Trinajstić information content (AvgIpc) is 3.51. The molecule has 3 heterocycles. The van der Waals surface area contributed by atoms with Crippen LogP contribution in [-0.4, -0.2) is 9.13 Å². The van der Waals surface area contributed by atoms with Crippen LogP contribution in [0.15, 0.2) is 145 Å². The Bertz CT molecular complexity index is 2060. The summed E-state index contributed by atoms with van der Waals surface area (Å²) in [4.78, 5) is 0. The second kappa shape index (κ2) is 8.25. The summed E-state index contributed by atoms with van der Waals surface area (Å²) in [5.41, 5.74) is 9.60. The topological polar surface area (TPSA) is 21.9 Å². The van der Waals surface area contributed by atoms with E-state index >= 15 is 0 Å². The summed E-state index contributed by atoms with van der Waals surface area (Å²) in [5.74, 6) is 0. The molecule has 1 aliphatic carbocycles. The molecule has 6 aromatic rings. The zero-order chi connectivity index (χ0) is 25.1. The molecule has 1 N–H and O–H groups in total. The Kier molecular flexibility index (Phi) is 4.58. The van der Waals surface area contributed by atoms with Crippen molar-refractivity contribution >= 4 is 49.3 Å². The van der Waals surface area contributed by atoms with E-state index in [0.717, 1.165) is 17.8 Å². The lowest BCUT2D eigenvalue weighted by molar-refractivity contribution is 1.03. The molecule has 2 aromatic heterocycles. The van der Waals surface area contributed by atoms with Gasteiger partial charge in [-0.05, 0) is 48.4 Å². The van der Waals surface area contributed by atoms with Crippen molar-refractivity contribution < 1.29 is 0 Å². The van der Waals surface area contributed by atoms with Crippen molar-refractivity contribution in [2.75, 3.05) is 0 Å². The highest BCUT2D eigenvalue weighted by Crippen LogP contribution is 2.41. The van der Waals surface area contributed by atoms with Crippen LogP contribution in [-0.2, 0) is 0 Å². The van der Waals surface area contributed by atoms with Crippen LogP contribution >= 0.6 is 0 Å². The Morgan fingerprint density at radius 3 is 1.87 bits per heavy atom. The summed E-state index contributed by atoms with van der Waals surface area (Å²) in [6, 6.07) is 32.8. The molecule has 0 saturated carbocycles. The predicted octanol–water partition coefficient (Wildman–Crippen LogP) is 8.62. The van der Waals surface area contributed by atoms with Gasteiger partial charge in [0.2, 0.25) is 0 Å². The van der Waals surface area contributed by atoms with Gasteiger partial charge in [0.15, 0.2) is 0 Å². The molecule has 0 saturated heterocycles. The van der Waals surface area contributed by atoms with Crippen molar-refractivity contribution in [3.05, 3.63) is 145 Å². The molecule has 0 unspecified atom stereocenters. The molecule has 0 bridgehead atoms. The van der Waals surface area contributed by atoms with E-state index in [9.17, 15) is 0 Å². The molecule has 2 aliphatic rings. The molecule has 0 atom stereocenters. The van der Waals surface area contributed by atoms with Gasteiger partial charge in [0.25, 0.3) is 0 Å². The standard InChI is InChI=1S/C35H25N3/c1-3-11-24(12-4-1)31-22-19-26(23-36-31)38-33-18-10-8-16-28(33)30-21-20-29-27-15-7-9-17-32(27)37(34(29)35(30)38)25-13-5-2-6-14-25/h1-11,13-23,36H,12H2/b31-24-. The molecule has 3 nitrogen and oxygen atoms in total. The Labute approximate surface area is 220 Å². The number of hydrogen-bond acceptors (Lipinski definition) is 1. The zero-order valence-corrected chi connectivity index (χ0v) is 20.8. The zero-order valence-electron chi connectivity index (χ0n) is 20.8. The number of nitrogens with one attached hydrogen (secondary N) is 1. The van der Waals surface area contributed by atoms with Gasteiger partial charge in [-0.1, -0.05) is 91.0 Å². The minimum absolute atomic E-state index is 0.944. The van der Waals surface area contributed by atoms with Crippen molar-refractivity contribution in [1.82, 2.24) is 14.5 Å². The number of hydrogen-bond donors (Lipinski definition) is 1. The van der Waals surface area contributed by atoms with E-state index in [4.69, 9.17) is 0 Å².